The Labute approximate surface area is 118 Å². The van der Waals surface area contributed by atoms with Crippen LogP contribution in [0.15, 0.2) is 41.2 Å². The average molecular weight is 289 g/mol. The van der Waals surface area contributed by atoms with Crippen LogP contribution in [0, 0.1) is 11.6 Å². The number of fused-ring (bicyclic) bond motifs is 1. The summed E-state index contributed by atoms with van der Waals surface area (Å²) < 4.78 is 27.0. The number of nitrogens with one attached hydrogen (secondary N) is 3. The number of rotatable bonds is 3. The van der Waals surface area contributed by atoms with E-state index in [1.165, 1.54) is 12.1 Å². The summed E-state index contributed by atoms with van der Waals surface area (Å²) in [7, 11) is 1.69. The minimum absolute atomic E-state index is 0.295. The van der Waals surface area contributed by atoms with Gasteiger partial charge in [-0.05, 0) is 30.8 Å². The summed E-state index contributed by atoms with van der Waals surface area (Å²) in [6, 6.07) is 8.35. The molecule has 0 fully saturated rings. The second-order valence-corrected chi connectivity index (χ2v) is 4.77. The first-order valence-electron chi connectivity index (χ1n) is 6.42. The lowest BCUT2D eigenvalue weighted by Crippen LogP contribution is -2.19. The van der Waals surface area contributed by atoms with Crippen LogP contribution in [0.4, 0.5) is 8.78 Å². The van der Waals surface area contributed by atoms with E-state index in [1.807, 2.05) is 0 Å². The molecule has 0 bridgehead atoms. The van der Waals surface area contributed by atoms with Crippen LogP contribution in [-0.4, -0.2) is 17.0 Å². The van der Waals surface area contributed by atoms with Gasteiger partial charge in [0, 0.05) is 11.6 Å². The summed E-state index contributed by atoms with van der Waals surface area (Å²) in [6.07, 6.45) is 0. The second kappa shape index (κ2) is 5.14. The van der Waals surface area contributed by atoms with E-state index in [0.29, 0.717) is 16.6 Å². The number of hydrogen-bond acceptors (Lipinski definition) is 2. The predicted molar refractivity (Wildman–Crippen MR) is 76.2 cm³/mol. The van der Waals surface area contributed by atoms with Crippen LogP contribution in [-0.2, 0) is 0 Å². The van der Waals surface area contributed by atoms with Crippen LogP contribution in [0.3, 0.4) is 0 Å². The topological polar surface area (TPSA) is 60.7 Å². The van der Waals surface area contributed by atoms with Gasteiger partial charge in [-0.15, -0.1) is 0 Å². The molecule has 0 saturated heterocycles. The third-order valence-corrected chi connectivity index (χ3v) is 3.44. The first-order chi connectivity index (χ1) is 10.1. The van der Waals surface area contributed by atoms with E-state index in [4.69, 9.17) is 0 Å². The highest BCUT2D eigenvalue weighted by Gasteiger charge is 2.17. The molecule has 0 aliphatic rings. The standard InChI is InChI=1S/C15H13F2N3O/c1-18-14(10-4-3-9(16)7-11(10)17)8-2-5-12-13(6-8)20-15(21)19-12/h2-7,14,18H,1H3,(H2,19,20,21). The molecule has 3 N–H and O–H groups in total. The fourth-order valence-electron chi connectivity index (χ4n) is 2.47. The Hall–Kier alpha value is -2.47. The molecule has 0 radical (unpaired) electrons. The molecule has 21 heavy (non-hydrogen) atoms. The van der Waals surface area contributed by atoms with Crippen LogP contribution >= 0.6 is 0 Å². The zero-order chi connectivity index (χ0) is 15.0. The first-order valence-corrected chi connectivity index (χ1v) is 6.42. The van der Waals surface area contributed by atoms with Crippen molar-refractivity contribution in [2.45, 2.75) is 6.04 Å². The Balaban J connectivity index is 2.10. The summed E-state index contributed by atoms with van der Waals surface area (Å²) >= 11 is 0. The number of benzene rings is 2. The molecule has 0 aliphatic carbocycles. The fraction of sp³-hybridized carbons (Fsp3) is 0.133. The Morgan fingerprint density at radius 3 is 2.52 bits per heavy atom. The Morgan fingerprint density at radius 2 is 1.81 bits per heavy atom. The summed E-state index contributed by atoms with van der Waals surface area (Å²) in [4.78, 5) is 16.6. The molecule has 1 atom stereocenters. The minimum atomic E-state index is -0.614. The average Bonchev–Trinajstić information content (AvgIpc) is 2.81. The van der Waals surface area contributed by atoms with Gasteiger partial charge in [-0.25, -0.2) is 13.6 Å². The van der Waals surface area contributed by atoms with E-state index in [1.54, 1.807) is 25.2 Å². The molecule has 6 heteroatoms. The van der Waals surface area contributed by atoms with Crippen LogP contribution in [0.25, 0.3) is 11.0 Å². The highest BCUT2D eigenvalue weighted by Crippen LogP contribution is 2.26. The largest absolute Gasteiger partial charge is 0.323 e. The van der Waals surface area contributed by atoms with Crippen LogP contribution in [0.2, 0.25) is 0 Å². The van der Waals surface area contributed by atoms with Crippen molar-refractivity contribution in [3.8, 4) is 0 Å². The van der Waals surface area contributed by atoms with Crippen molar-refractivity contribution < 1.29 is 8.78 Å². The first kappa shape index (κ1) is 13.5. The van der Waals surface area contributed by atoms with Crippen LogP contribution in [0.5, 0.6) is 0 Å². The van der Waals surface area contributed by atoms with Gasteiger partial charge in [-0.1, -0.05) is 12.1 Å². The van der Waals surface area contributed by atoms with Crippen LogP contribution in [0.1, 0.15) is 17.2 Å². The van der Waals surface area contributed by atoms with Gasteiger partial charge in [0.05, 0.1) is 17.1 Å². The van der Waals surface area contributed by atoms with E-state index >= 15 is 0 Å². The molecule has 0 spiro atoms. The molecule has 0 aliphatic heterocycles. The second-order valence-electron chi connectivity index (χ2n) is 4.77. The molecular weight excluding hydrogens is 276 g/mol. The van der Waals surface area contributed by atoms with Crippen molar-refractivity contribution in [3.05, 3.63) is 69.6 Å². The summed E-state index contributed by atoms with van der Waals surface area (Å²) in [5, 5.41) is 3.00. The van der Waals surface area contributed by atoms with E-state index in [2.05, 4.69) is 15.3 Å². The van der Waals surface area contributed by atoms with Crippen molar-refractivity contribution in [3.63, 3.8) is 0 Å². The van der Waals surface area contributed by atoms with Gasteiger partial charge in [-0.3, -0.25) is 0 Å². The molecule has 1 aromatic heterocycles. The van der Waals surface area contributed by atoms with Gasteiger partial charge in [-0.2, -0.15) is 0 Å². The minimum Gasteiger partial charge on any atom is -0.309 e. The number of halogens is 2. The van der Waals surface area contributed by atoms with Crippen molar-refractivity contribution in [1.29, 1.82) is 0 Å². The zero-order valence-corrected chi connectivity index (χ0v) is 11.2. The molecule has 108 valence electrons. The highest BCUT2D eigenvalue weighted by atomic mass is 19.1. The number of aromatic nitrogens is 2. The molecule has 1 heterocycles. The normalized spacial score (nSPS) is 12.7. The SMILES string of the molecule is CNC(c1ccc2[nH]c(=O)[nH]c2c1)c1ccc(F)cc1F. The number of hydrogen-bond donors (Lipinski definition) is 3. The lowest BCUT2D eigenvalue weighted by Gasteiger charge is -2.18. The summed E-state index contributed by atoms with van der Waals surface area (Å²) in [5.41, 5.74) is 2.14. The van der Waals surface area contributed by atoms with Crippen molar-refractivity contribution in [2.75, 3.05) is 7.05 Å². The van der Waals surface area contributed by atoms with E-state index in [-0.39, 0.29) is 5.69 Å². The highest BCUT2D eigenvalue weighted by molar-refractivity contribution is 5.75. The molecule has 3 rings (SSSR count). The predicted octanol–water partition coefficient (Wildman–Crippen LogP) is 2.44. The fourth-order valence-corrected chi connectivity index (χ4v) is 2.47. The Morgan fingerprint density at radius 1 is 1.05 bits per heavy atom. The number of H-pyrrole nitrogens is 2. The molecule has 2 aromatic carbocycles. The van der Waals surface area contributed by atoms with Crippen LogP contribution < -0.4 is 11.0 Å². The summed E-state index contributed by atoms with van der Waals surface area (Å²) in [5.74, 6) is -1.23. The maximum atomic E-state index is 13.9. The van der Waals surface area contributed by atoms with E-state index in [9.17, 15) is 13.6 Å². The molecular formula is C15H13F2N3O. The van der Waals surface area contributed by atoms with Crippen molar-refractivity contribution in [1.82, 2.24) is 15.3 Å². The van der Waals surface area contributed by atoms with Gasteiger partial charge in [0.15, 0.2) is 0 Å². The van der Waals surface area contributed by atoms with Gasteiger partial charge in [0.2, 0.25) is 0 Å². The maximum Gasteiger partial charge on any atom is 0.323 e. The lowest BCUT2D eigenvalue weighted by molar-refractivity contribution is 0.552. The quantitative estimate of drug-likeness (QED) is 0.693. The Bertz CT molecular complexity index is 853. The monoisotopic (exact) mass is 289 g/mol. The van der Waals surface area contributed by atoms with Gasteiger partial charge >= 0.3 is 5.69 Å². The third kappa shape index (κ3) is 2.45. The van der Waals surface area contributed by atoms with E-state index in [0.717, 1.165) is 11.6 Å². The smallest absolute Gasteiger partial charge is 0.309 e. The van der Waals surface area contributed by atoms with Gasteiger partial charge in [0.1, 0.15) is 11.6 Å². The number of aromatic amines is 2. The number of imidazole rings is 1. The molecule has 0 saturated carbocycles. The molecule has 1 unspecified atom stereocenters. The van der Waals surface area contributed by atoms with Crippen molar-refractivity contribution in [2.24, 2.45) is 0 Å². The Kier molecular flexibility index (Phi) is 3.31. The zero-order valence-electron chi connectivity index (χ0n) is 11.2. The molecule has 3 aromatic rings. The lowest BCUT2D eigenvalue weighted by atomic mass is 9.98. The third-order valence-electron chi connectivity index (χ3n) is 3.44. The van der Waals surface area contributed by atoms with Gasteiger partial charge in [0.25, 0.3) is 0 Å². The molecule has 0 amide bonds. The molecule has 4 nitrogen and oxygen atoms in total. The van der Waals surface area contributed by atoms with Crippen molar-refractivity contribution >= 4 is 11.0 Å². The summed E-state index contributed by atoms with van der Waals surface area (Å²) in [6.45, 7) is 0. The van der Waals surface area contributed by atoms with E-state index < -0.39 is 17.7 Å². The maximum absolute atomic E-state index is 13.9. The van der Waals surface area contributed by atoms with Gasteiger partial charge < -0.3 is 15.3 Å².